The normalized spacial score (nSPS) is 22.8. The third-order valence-corrected chi connectivity index (χ3v) is 4.03. The molecule has 0 spiro atoms. The van der Waals surface area contributed by atoms with Gasteiger partial charge in [0.05, 0.1) is 5.92 Å². The van der Waals surface area contributed by atoms with Crippen LogP contribution >= 0.6 is 0 Å². The standard InChI is InChI=1S/C16H24N2O/c1-10(2)13-7-5-6-11(3)15(13)18-16(19)14-9-17-8-12(14)4/h5-7,10,12,14,17H,8-9H2,1-4H3,(H,18,19)/t12-,14-/m1/s1. The number of anilines is 1. The number of hydrogen-bond acceptors (Lipinski definition) is 2. The summed E-state index contributed by atoms with van der Waals surface area (Å²) in [7, 11) is 0. The first-order chi connectivity index (χ1) is 9.00. The lowest BCUT2D eigenvalue weighted by Crippen LogP contribution is -2.28. The highest BCUT2D eigenvalue weighted by atomic mass is 16.1. The minimum Gasteiger partial charge on any atom is -0.325 e. The molecule has 1 fully saturated rings. The van der Waals surface area contributed by atoms with E-state index in [1.807, 2.05) is 0 Å². The minimum atomic E-state index is 0.0830. The average Bonchev–Trinajstić information content (AvgIpc) is 2.77. The van der Waals surface area contributed by atoms with Crippen LogP contribution in [0.5, 0.6) is 0 Å². The number of nitrogens with one attached hydrogen (secondary N) is 2. The van der Waals surface area contributed by atoms with Crippen LogP contribution in [0.15, 0.2) is 18.2 Å². The lowest BCUT2D eigenvalue weighted by Gasteiger charge is -2.19. The first kappa shape index (κ1) is 14.1. The Hall–Kier alpha value is -1.35. The van der Waals surface area contributed by atoms with Gasteiger partial charge in [0, 0.05) is 12.2 Å². The summed E-state index contributed by atoms with van der Waals surface area (Å²) in [6.07, 6.45) is 0. The number of amides is 1. The summed E-state index contributed by atoms with van der Waals surface area (Å²) in [5, 5.41) is 6.43. The van der Waals surface area contributed by atoms with Gasteiger partial charge in [-0.3, -0.25) is 4.79 Å². The highest BCUT2D eigenvalue weighted by Gasteiger charge is 2.30. The van der Waals surface area contributed by atoms with E-state index in [1.165, 1.54) is 5.56 Å². The van der Waals surface area contributed by atoms with Crippen molar-refractivity contribution in [2.45, 2.75) is 33.6 Å². The summed E-state index contributed by atoms with van der Waals surface area (Å²) in [6.45, 7) is 10.2. The van der Waals surface area contributed by atoms with Gasteiger partial charge in [0.2, 0.25) is 5.91 Å². The van der Waals surface area contributed by atoms with Gasteiger partial charge in [0.15, 0.2) is 0 Å². The Bertz CT molecular complexity index is 468. The topological polar surface area (TPSA) is 41.1 Å². The molecule has 0 radical (unpaired) electrons. The van der Waals surface area contributed by atoms with E-state index in [9.17, 15) is 4.79 Å². The van der Waals surface area contributed by atoms with Crippen molar-refractivity contribution in [3.05, 3.63) is 29.3 Å². The fourth-order valence-corrected chi connectivity index (χ4v) is 2.72. The maximum absolute atomic E-state index is 12.4. The number of rotatable bonds is 3. The van der Waals surface area contributed by atoms with Gasteiger partial charge in [-0.1, -0.05) is 39.0 Å². The van der Waals surface area contributed by atoms with Gasteiger partial charge in [-0.05, 0) is 36.4 Å². The summed E-state index contributed by atoms with van der Waals surface area (Å²) in [5.74, 6) is 1.05. The van der Waals surface area contributed by atoms with Crippen LogP contribution < -0.4 is 10.6 Å². The van der Waals surface area contributed by atoms with E-state index >= 15 is 0 Å². The van der Waals surface area contributed by atoms with Crippen LogP contribution in [0.1, 0.15) is 37.8 Å². The average molecular weight is 260 g/mol. The monoisotopic (exact) mass is 260 g/mol. The first-order valence-corrected chi connectivity index (χ1v) is 7.11. The molecule has 0 aromatic heterocycles. The highest BCUT2D eigenvalue weighted by molar-refractivity contribution is 5.94. The molecular weight excluding hydrogens is 236 g/mol. The summed E-state index contributed by atoms with van der Waals surface area (Å²) < 4.78 is 0. The smallest absolute Gasteiger partial charge is 0.229 e. The SMILES string of the molecule is Cc1cccc(C(C)C)c1NC(=O)[C@@H]1CNC[C@H]1C. The second-order valence-electron chi connectivity index (χ2n) is 5.93. The van der Waals surface area contributed by atoms with E-state index in [0.29, 0.717) is 11.8 Å². The van der Waals surface area contributed by atoms with Crippen LogP contribution in [-0.2, 0) is 4.79 Å². The zero-order valence-corrected chi connectivity index (χ0v) is 12.3. The molecule has 0 saturated carbocycles. The molecule has 104 valence electrons. The molecule has 3 heteroatoms. The molecule has 1 aliphatic rings. The molecule has 1 aromatic rings. The van der Waals surface area contributed by atoms with E-state index in [1.54, 1.807) is 0 Å². The highest BCUT2D eigenvalue weighted by Crippen LogP contribution is 2.28. The number of carbonyl (C=O) groups is 1. The zero-order valence-electron chi connectivity index (χ0n) is 12.3. The molecule has 2 atom stereocenters. The fourth-order valence-electron chi connectivity index (χ4n) is 2.72. The molecule has 2 N–H and O–H groups in total. The van der Waals surface area contributed by atoms with Gasteiger partial charge >= 0.3 is 0 Å². The number of aryl methyl sites for hydroxylation is 1. The van der Waals surface area contributed by atoms with Crippen LogP contribution in [0.2, 0.25) is 0 Å². The molecule has 2 rings (SSSR count). The quantitative estimate of drug-likeness (QED) is 0.877. The van der Waals surface area contributed by atoms with Gasteiger partial charge < -0.3 is 10.6 Å². The third kappa shape index (κ3) is 2.98. The second-order valence-corrected chi connectivity index (χ2v) is 5.93. The molecule has 1 heterocycles. The molecule has 1 saturated heterocycles. The summed E-state index contributed by atoms with van der Waals surface area (Å²) in [4.78, 5) is 12.4. The van der Waals surface area contributed by atoms with Gasteiger partial charge in [-0.15, -0.1) is 0 Å². The Morgan fingerprint density at radius 1 is 1.37 bits per heavy atom. The van der Waals surface area contributed by atoms with Crippen LogP contribution in [-0.4, -0.2) is 19.0 Å². The van der Waals surface area contributed by atoms with Crippen molar-refractivity contribution in [2.24, 2.45) is 11.8 Å². The van der Waals surface area contributed by atoms with E-state index in [0.717, 1.165) is 24.3 Å². The van der Waals surface area contributed by atoms with Gasteiger partial charge in [-0.25, -0.2) is 0 Å². The van der Waals surface area contributed by atoms with E-state index in [2.05, 4.69) is 56.5 Å². The van der Waals surface area contributed by atoms with Crippen molar-refractivity contribution in [2.75, 3.05) is 18.4 Å². The van der Waals surface area contributed by atoms with Crippen LogP contribution in [0, 0.1) is 18.8 Å². The molecular formula is C16H24N2O. The molecule has 1 amide bonds. The van der Waals surface area contributed by atoms with Crippen molar-refractivity contribution < 1.29 is 4.79 Å². The van der Waals surface area contributed by atoms with Crippen LogP contribution in [0.25, 0.3) is 0 Å². The minimum absolute atomic E-state index is 0.0830. The number of benzene rings is 1. The maximum Gasteiger partial charge on any atom is 0.229 e. The summed E-state index contributed by atoms with van der Waals surface area (Å²) in [5.41, 5.74) is 3.35. The Morgan fingerprint density at radius 3 is 2.68 bits per heavy atom. The molecule has 1 aliphatic heterocycles. The second kappa shape index (κ2) is 5.74. The largest absolute Gasteiger partial charge is 0.325 e. The molecule has 0 bridgehead atoms. The predicted molar refractivity (Wildman–Crippen MR) is 79.4 cm³/mol. The van der Waals surface area contributed by atoms with E-state index in [-0.39, 0.29) is 11.8 Å². The van der Waals surface area contributed by atoms with Crippen molar-refractivity contribution >= 4 is 11.6 Å². The lowest BCUT2D eigenvalue weighted by atomic mass is 9.95. The van der Waals surface area contributed by atoms with Crippen LogP contribution in [0.4, 0.5) is 5.69 Å². The van der Waals surface area contributed by atoms with Gasteiger partial charge in [0.1, 0.15) is 0 Å². The molecule has 3 nitrogen and oxygen atoms in total. The van der Waals surface area contributed by atoms with E-state index < -0.39 is 0 Å². The summed E-state index contributed by atoms with van der Waals surface area (Å²) in [6, 6.07) is 6.21. The molecule has 0 aliphatic carbocycles. The van der Waals surface area contributed by atoms with Crippen molar-refractivity contribution in [1.82, 2.24) is 5.32 Å². The first-order valence-electron chi connectivity index (χ1n) is 7.11. The Balaban J connectivity index is 2.21. The lowest BCUT2D eigenvalue weighted by molar-refractivity contribution is -0.120. The third-order valence-electron chi connectivity index (χ3n) is 4.03. The molecule has 1 aromatic carbocycles. The molecule has 0 unspecified atom stereocenters. The van der Waals surface area contributed by atoms with Gasteiger partial charge in [-0.2, -0.15) is 0 Å². The van der Waals surface area contributed by atoms with Crippen molar-refractivity contribution in [1.29, 1.82) is 0 Å². The zero-order chi connectivity index (χ0) is 14.0. The van der Waals surface area contributed by atoms with Gasteiger partial charge in [0.25, 0.3) is 0 Å². The fraction of sp³-hybridized carbons (Fsp3) is 0.562. The molecule has 19 heavy (non-hydrogen) atoms. The van der Waals surface area contributed by atoms with Crippen molar-refractivity contribution in [3.63, 3.8) is 0 Å². The van der Waals surface area contributed by atoms with E-state index in [4.69, 9.17) is 0 Å². The van der Waals surface area contributed by atoms with Crippen LogP contribution in [0.3, 0.4) is 0 Å². The van der Waals surface area contributed by atoms with Crippen molar-refractivity contribution in [3.8, 4) is 0 Å². The maximum atomic E-state index is 12.4. The Morgan fingerprint density at radius 2 is 2.11 bits per heavy atom. The number of carbonyl (C=O) groups excluding carboxylic acids is 1. The number of hydrogen-bond donors (Lipinski definition) is 2. The Labute approximate surface area is 115 Å². The Kier molecular flexibility index (Phi) is 4.25. The number of para-hydroxylation sites is 1. The predicted octanol–water partition coefficient (Wildman–Crippen LogP) is 2.91. The summed E-state index contributed by atoms with van der Waals surface area (Å²) >= 11 is 0.